The molecule has 1 heterocycles. The number of hydrogen-bond acceptors (Lipinski definition) is 3. The van der Waals surface area contributed by atoms with Gasteiger partial charge in [-0.1, -0.05) is 30.3 Å². The minimum atomic E-state index is 0. The van der Waals surface area contributed by atoms with Gasteiger partial charge in [-0.25, -0.2) is 0 Å². The molecule has 1 saturated heterocycles. The smallest absolute Gasteiger partial charge is 0.223 e. The number of carbonyl (C=O) groups is 1. The van der Waals surface area contributed by atoms with Gasteiger partial charge in [-0.3, -0.25) is 9.69 Å². The molecule has 3 rings (SSSR count). The number of carbonyl (C=O) groups excluding carboxylic acids is 1. The van der Waals surface area contributed by atoms with Crippen molar-refractivity contribution in [2.24, 2.45) is 11.3 Å². The average Bonchev–Trinajstić information content (AvgIpc) is 3.29. The van der Waals surface area contributed by atoms with Crippen molar-refractivity contribution in [1.82, 2.24) is 15.5 Å². The number of hydrogen-bond donors (Lipinski definition) is 2. The molecule has 148 valence electrons. The van der Waals surface area contributed by atoms with E-state index in [1.165, 1.54) is 18.4 Å². The van der Waals surface area contributed by atoms with Gasteiger partial charge >= 0.3 is 0 Å². The predicted octanol–water partition coefficient (Wildman–Crippen LogP) is 3.25. The Hall–Kier alpha value is -0.810. The van der Waals surface area contributed by atoms with E-state index in [2.05, 4.69) is 59.8 Å². The lowest BCUT2D eigenvalue weighted by molar-refractivity contribution is -0.123. The Morgan fingerprint density at radius 1 is 1.27 bits per heavy atom. The van der Waals surface area contributed by atoms with E-state index in [1.807, 2.05) is 0 Å². The number of benzene rings is 1. The Kier molecular flexibility index (Phi) is 9.39. The third-order valence-corrected chi connectivity index (χ3v) is 5.99. The topological polar surface area (TPSA) is 44.4 Å². The Bertz CT molecular complexity index is 549. The van der Waals surface area contributed by atoms with Gasteiger partial charge in [0, 0.05) is 25.0 Å². The quantitative estimate of drug-likeness (QED) is 0.736. The van der Waals surface area contributed by atoms with E-state index >= 15 is 0 Å². The molecule has 0 aromatic heterocycles. The molecule has 2 aliphatic rings. The third-order valence-electron chi connectivity index (χ3n) is 5.99. The van der Waals surface area contributed by atoms with Gasteiger partial charge in [0.05, 0.1) is 0 Å². The molecule has 26 heavy (non-hydrogen) atoms. The van der Waals surface area contributed by atoms with Crippen LogP contribution in [0.25, 0.3) is 0 Å². The van der Waals surface area contributed by atoms with E-state index in [0.29, 0.717) is 11.5 Å². The van der Waals surface area contributed by atoms with Crippen molar-refractivity contribution in [3.05, 3.63) is 35.9 Å². The predicted molar refractivity (Wildman–Crippen MR) is 112 cm³/mol. The highest BCUT2D eigenvalue weighted by molar-refractivity contribution is 5.85. The van der Waals surface area contributed by atoms with Crippen LogP contribution in [0.3, 0.4) is 0 Å². The summed E-state index contributed by atoms with van der Waals surface area (Å²) in [5.74, 6) is 0.562. The van der Waals surface area contributed by atoms with Crippen molar-refractivity contribution < 1.29 is 4.79 Å². The molecule has 1 aromatic rings. The Morgan fingerprint density at radius 3 is 2.58 bits per heavy atom. The lowest BCUT2D eigenvalue weighted by Gasteiger charge is -2.25. The molecule has 1 aliphatic carbocycles. The summed E-state index contributed by atoms with van der Waals surface area (Å²) in [7, 11) is 2.16. The number of nitrogens with zero attached hydrogens (tertiary/aromatic N) is 1. The molecule has 2 fully saturated rings. The molecule has 0 radical (unpaired) electrons. The molecule has 0 bridgehead atoms. The van der Waals surface area contributed by atoms with E-state index < -0.39 is 0 Å². The normalized spacial score (nSPS) is 21.4. The van der Waals surface area contributed by atoms with Gasteiger partial charge in [0.25, 0.3) is 0 Å². The molecule has 2 N–H and O–H groups in total. The summed E-state index contributed by atoms with van der Waals surface area (Å²) in [5.41, 5.74) is 1.67. The monoisotopic (exact) mass is 401 g/mol. The minimum absolute atomic E-state index is 0. The maximum absolute atomic E-state index is 12.4. The van der Waals surface area contributed by atoms with Crippen LogP contribution in [0, 0.1) is 11.3 Å². The number of nitrogens with one attached hydrogen (secondary N) is 2. The highest BCUT2D eigenvalue weighted by Gasteiger charge is 2.57. The van der Waals surface area contributed by atoms with Gasteiger partial charge in [-0.15, -0.1) is 24.8 Å². The first kappa shape index (κ1) is 23.2. The van der Waals surface area contributed by atoms with Crippen molar-refractivity contribution >= 4 is 30.7 Å². The van der Waals surface area contributed by atoms with Crippen LogP contribution in [0.1, 0.15) is 38.2 Å². The molecular weight excluding hydrogens is 369 g/mol. The first-order chi connectivity index (χ1) is 11.6. The number of piperidine rings is 1. The molecule has 1 amide bonds. The molecular formula is C20H33Cl2N3O. The maximum Gasteiger partial charge on any atom is 0.223 e. The standard InChI is InChI=1S/C20H31N3O.2ClH/c1-16(23(2)15-17-6-4-3-5-7-17)8-11-22-19(24)18-14-20(18)9-12-21-13-10-20;;/h3-7,16,18,21H,8-15H2,1-2H3,(H,22,24);2*1H. The fourth-order valence-electron chi connectivity index (χ4n) is 3.97. The second kappa shape index (κ2) is 10.5. The van der Waals surface area contributed by atoms with E-state index in [1.54, 1.807) is 0 Å². The average molecular weight is 402 g/mol. The maximum atomic E-state index is 12.4. The molecule has 2 unspecified atom stereocenters. The van der Waals surface area contributed by atoms with Crippen LogP contribution >= 0.6 is 24.8 Å². The molecule has 1 aromatic carbocycles. The summed E-state index contributed by atoms with van der Waals surface area (Å²) in [6.45, 7) is 6.12. The second-order valence-electron chi connectivity index (χ2n) is 7.70. The first-order valence-corrected chi connectivity index (χ1v) is 9.33. The summed E-state index contributed by atoms with van der Waals surface area (Å²) in [6.07, 6.45) is 4.43. The van der Waals surface area contributed by atoms with E-state index in [9.17, 15) is 4.79 Å². The largest absolute Gasteiger partial charge is 0.356 e. The fourth-order valence-corrected chi connectivity index (χ4v) is 3.97. The van der Waals surface area contributed by atoms with Crippen molar-refractivity contribution in [1.29, 1.82) is 0 Å². The number of halogens is 2. The van der Waals surface area contributed by atoms with Gasteiger partial charge in [0.1, 0.15) is 0 Å². The summed E-state index contributed by atoms with van der Waals surface area (Å²) >= 11 is 0. The van der Waals surface area contributed by atoms with E-state index in [0.717, 1.165) is 39.0 Å². The van der Waals surface area contributed by atoms with Crippen LogP contribution in [0.4, 0.5) is 0 Å². The number of amides is 1. The van der Waals surface area contributed by atoms with Gasteiger partial charge in [0.15, 0.2) is 0 Å². The van der Waals surface area contributed by atoms with Crippen LogP contribution in [-0.2, 0) is 11.3 Å². The van der Waals surface area contributed by atoms with Crippen molar-refractivity contribution in [3.8, 4) is 0 Å². The Morgan fingerprint density at radius 2 is 1.92 bits per heavy atom. The van der Waals surface area contributed by atoms with Crippen LogP contribution in [0.5, 0.6) is 0 Å². The van der Waals surface area contributed by atoms with Crippen LogP contribution in [-0.4, -0.2) is 43.5 Å². The van der Waals surface area contributed by atoms with Gasteiger partial charge in [-0.05, 0) is 63.7 Å². The molecule has 1 spiro atoms. The lowest BCUT2D eigenvalue weighted by atomic mass is 9.92. The summed E-state index contributed by atoms with van der Waals surface area (Å²) in [4.78, 5) is 14.7. The van der Waals surface area contributed by atoms with Gasteiger partial charge in [-0.2, -0.15) is 0 Å². The van der Waals surface area contributed by atoms with Crippen LogP contribution < -0.4 is 10.6 Å². The summed E-state index contributed by atoms with van der Waals surface area (Å²) in [5, 5.41) is 6.57. The molecule has 4 nitrogen and oxygen atoms in total. The first-order valence-electron chi connectivity index (χ1n) is 9.33. The van der Waals surface area contributed by atoms with E-state index in [-0.39, 0.29) is 36.6 Å². The Labute approximate surface area is 170 Å². The van der Waals surface area contributed by atoms with Gasteiger partial charge in [0.2, 0.25) is 5.91 Å². The van der Waals surface area contributed by atoms with Gasteiger partial charge < -0.3 is 10.6 Å². The zero-order valence-corrected chi connectivity index (χ0v) is 17.5. The van der Waals surface area contributed by atoms with Crippen molar-refractivity contribution in [2.75, 3.05) is 26.7 Å². The molecule has 1 aliphatic heterocycles. The van der Waals surface area contributed by atoms with Crippen molar-refractivity contribution in [3.63, 3.8) is 0 Å². The van der Waals surface area contributed by atoms with Crippen molar-refractivity contribution in [2.45, 2.75) is 45.2 Å². The second-order valence-corrected chi connectivity index (χ2v) is 7.70. The number of rotatable bonds is 7. The SMILES string of the molecule is CC(CCNC(=O)C1CC12CCNCC2)N(C)Cc1ccccc1.Cl.Cl. The molecule has 6 heteroatoms. The zero-order chi connectivity index (χ0) is 17.0. The van der Waals surface area contributed by atoms with Crippen LogP contribution in [0.2, 0.25) is 0 Å². The molecule has 2 atom stereocenters. The fraction of sp³-hybridized carbons (Fsp3) is 0.650. The van der Waals surface area contributed by atoms with Crippen LogP contribution in [0.15, 0.2) is 30.3 Å². The highest BCUT2D eigenvalue weighted by Crippen LogP contribution is 2.58. The highest BCUT2D eigenvalue weighted by atomic mass is 35.5. The minimum Gasteiger partial charge on any atom is -0.356 e. The third kappa shape index (κ3) is 5.85. The molecule has 1 saturated carbocycles. The lowest BCUT2D eigenvalue weighted by Crippen LogP contribution is -2.36. The van der Waals surface area contributed by atoms with E-state index in [4.69, 9.17) is 0 Å². The zero-order valence-electron chi connectivity index (χ0n) is 15.9. The summed E-state index contributed by atoms with van der Waals surface area (Å²) < 4.78 is 0. The summed E-state index contributed by atoms with van der Waals surface area (Å²) in [6, 6.07) is 11.0. The Balaban J connectivity index is 0.00000169.